The van der Waals surface area contributed by atoms with E-state index in [0.717, 1.165) is 30.0 Å². The van der Waals surface area contributed by atoms with Crippen LogP contribution in [0.1, 0.15) is 63.4 Å². The van der Waals surface area contributed by atoms with E-state index in [4.69, 9.17) is 21.6 Å². The van der Waals surface area contributed by atoms with Crippen LogP contribution in [-0.4, -0.2) is 35.4 Å². The number of carbonyl (C=O) groups excluding carboxylic acids is 1. The number of benzene rings is 1. The minimum Gasteiger partial charge on any atom is -0.496 e. The van der Waals surface area contributed by atoms with Gasteiger partial charge in [-0.15, -0.1) is 0 Å². The largest absolute Gasteiger partial charge is 0.496 e. The van der Waals surface area contributed by atoms with Gasteiger partial charge in [0.05, 0.1) is 36.9 Å². The number of ether oxygens (including phenoxy) is 1. The molecule has 33 heavy (non-hydrogen) atoms. The van der Waals surface area contributed by atoms with Gasteiger partial charge in [0.15, 0.2) is 5.69 Å². The number of anilines is 1. The smallest absolute Gasteiger partial charge is 0.273 e. The van der Waals surface area contributed by atoms with Crippen molar-refractivity contribution in [2.75, 3.05) is 19.0 Å². The van der Waals surface area contributed by atoms with Gasteiger partial charge in [-0.2, -0.15) is 10.4 Å². The summed E-state index contributed by atoms with van der Waals surface area (Å²) in [7, 11) is 1.60. The number of hydrogen-bond acceptors (Lipinski definition) is 5. The summed E-state index contributed by atoms with van der Waals surface area (Å²) in [5.74, 6) is 1.59. The summed E-state index contributed by atoms with van der Waals surface area (Å²) >= 11 is 6.73. The number of amides is 1. The summed E-state index contributed by atoms with van der Waals surface area (Å²) in [5.41, 5.74) is 2.41. The molecule has 0 saturated heterocycles. The minimum atomic E-state index is -0.285. The molecular weight excluding hydrogens is 438 g/mol. The molecule has 1 aliphatic carbocycles. The molecule has 1 aromatic heterocycles. The molecular formula is C25H34ClN5O2. The average molecular weight is 472 g/mol. The van der Waals surface area contributed by atoms with Crippen molar-refractivity contribution in [3.05, 3.63) is 28.9 Å². The van der Waals surface area contributed by atoms with Crippen molar-refractivity contribution in [1.82, 2.24) is 15.1 Å². The van der Waals surface area contributed by atoms with Gasteiger partial charge in [0.2, 0.25) is 0 Å². The van der Waals surface area contributed by atoms with Crippen molar-refractivity contribution >= 4 is 23.2 Å². The molecule has 2 aromatic rings. The lowest BCUT2D eigenvalue weighted by molar-refractivity contribution is 0.0936. The number of halogens is 1. The van der Waals surface area contributed by atoms with E-state index in [1.807, 2.05) is 18.2 Å². The molecule has 1 aromatic carbocycles. The van der Waals surface area contributed by atoms with Gasteiger partial charge >= 0.3 is 0 Å². The molecule has 3 rings (SSSR count). The van der Waals surface area contributed by atoms with Crippen LogP contribution >= 0.6 is 11.6 Å². The third-order valence-electron chi connectivity index (χ3n) is 6.14. The Morgan fingerprint density at radius 2 is 2.06 bits per heavy atom. The van der Waals surface area contributed by atoms with Crippen molar-refractivity contribution in [3.8, 4) is 23.1 Å². The molecule has 0 bridgehead atoms. The molecule has 2 N–H and O–H groups in total. The van der Waals surface area contributed by atoms with Gasteiger partial charge in [0, 0.05) is 29.9 Å². The van der Waals surface area contributed by atoms with E-state index in [-0.39, 0.29) is 29.1 Å². The van der Waals surface area contributed by atoms with Gasteiger partial charge in [-0.1, -0.05) is 31.4 Å². The van der Waals surface area contributed by atoms with Gasteiger partial charge in [0.1, 0.15) is 5.75 Å². The van der Waals surface area contributed by atoms with Crippen molar-refractivity contribution in [1.29, 1.82) is 5.26 Å². The molecule has 1 amide bonds. The van der Waals surface area contributed by atoms with Gasteiger partial charge in [-0.25, -0.2) is 0 Å². The van der Waals surface area contributed by atoms with Crippen LogP contribution in [0.15, 0.2) is 18.2 Å². The zero-order chi connectivity index (χ0) is 24.0. The normalized spacial score (nSPS) is 18.1. The second-order valence-corrected chi connectivity index (χ2v) is 9.57. The fourth-order valence-electron chi connectivity index (χ4n) is 4.32. The lowest BCUT2D eigenvalue weighted by Crippen LogP contribution is -2.31. The lowest BCUT2D eigenvalue weighted by atomic mass is 9.83. The molecule has 0 atom stereocenters. The van der Waals surface area contributed by atoms with Crippen LogP contribution in [0.25, 0.3) is 11.3 Å². The summed E-state index contributed by atoms with van der Waals surface area (Å²) in [6, 6.07) is 8.16. The molecule has 0 radical (unpaired) electrons. The maximum Gasteiger partial charge on any atom is 0.273 e. The van der Waals surface area contributed by atoms with Crippen LogP contribution in [0.5, 0.6) is 5.75 Å². The number of rotatable bonds is 9. The standard InChI is InChI=1S/C25H34ClN5O2/c1-16(2)29-19-10-11-20(21(14-19)33-4)24-22(26)23(30-31(24)13-5-12-27)25(32)28-15-18-8-6-17(3)7-9-18/h10-11,14,16-18,29H,5-9,13,15H2,1-4H3,(H,28,32). The number of methoxy groups -OCH3 is 1. The Labute approximate surface area is 201 Å². The molecule has 8 heteroatoms. The van der Waals surface area contributed by atoms with E-state index >= 15 is 0 Å². The summed E-state index contributed by atoms with van der Waals surface area (Å²) in [6.07, 6.45) is 4.92. The second kappa shape index (κ2) is 11.4. The van der Waals surface area contributed by atoms with Crippen LogP contribution in [0.3, 0.4) is 0 Å². The van der Waals surface area contributed by atoms with Crippen molar-refractivity contribution < 1.29 is 9.53 Å². The molecule has 7 nitrogen and oxygen atoms in total. The topological polar surface area (TPSA) is 92.0 Å². The summed E-state index contributed by atoms with van der Waals surface area (Å²) < 4.78 is 7.27. The Morgan fingerprint density at radius 1 is 1.33 bits per heavy atom. The summed E-state index contributed by atoms with van der Waals surface area (Å²) in [5, 5.41) is 20.3. The number of nitrogens with one attached hydrogen (secondary N) is 2. The molecule has 0 unspecified atom stereocenters. The zero-order valence-electron chi connectivity index (χ0n) is 19.9. The first-order chi connectivity index (χ1) is 15.8. The molecule has 0 spiro atoms. The number of aryl methyl sites for hydroxylation is 1. The Morgan fingerprint density at radius 3 is 2.70 bits per heavy atom. The highest BCUT2D eigenvalue weighted by Crippen LogP contribution is 2.38. The first-order valence-electron chi connectivity index (χ1n) is 11.7. The number of nitriles is 1. The highest BCUT2D eigenvalue weighted by molar-refractivity contribution is 6.36. The van der Waals surface area contributed by atoms with Crippen molar-refractivity contribution in [2.45, 2.75) is 65.5 Å². The highest BCUT2D eigenvalue weighted by atomic mass is 35.5. The van der Waals surface area contributed by atoms with Crippen LogP contribution in [-0.2, 0) is 6.54 Å². The molecule has 1 fully saturated rings. The third-order valence-corrected chi connectivity index (χ3v) is 6.50. The predicted octanol–water partition coefficient (Wildman–Crippen LogP) is 5.50. The van der Waals surface area contributed by atoms with E-state index < -0.39 is 0 Å². The fourth-order valence-corrected chi connectivity index (χ4v) is 4.65. The molecule has 1 heterocycles. The van der Waals surface area contributed by atoms with Crippen LogP contribution in [0.4, 0.5) is 5.69 Å². The van der Waals surface area contributed by atoms with E-state index in [1.54, 1.807) is 11.8 Å². The number of nitrogens with zero attached hydrogens (tertiary/aromatic N) is 3. The average Bonchev–Trinajstić information content (AvgIpc) is 3.12. The van der Waals surface area contributed by atoms with Crippen LogP contribution in [0.2, 0.25) is 5.02 Å². The van der Waals surface area contributed by atoms with E-state index in [2.05, 4.69) is 42.6 Å². The number of hydrogen-bond donors (Lipinski definition) is 2. The first kappa shape index (κ1) is 24.9. The monoisotopic (exact) mass is 471 g/mol. The third kappa shape index (κ3) is 6.20. The maximum absolute atomic E-state index is 13.0. The number of carbonyl (C=O) groups is 1. The van der Waals surface area contributed by atoms with Gasteiger partial charge in [-0.3, -0.25) is 9.48 Å². The molecule has 1 aliphatic rings. The van der Waals surface area contributed by atoms with Gasteiger partial charge < -0.3 is 15.4 Å². The van der Waals surface area contributed by atoms with E-state index in [0.29, 0.717) is 30.5 Å². The van der Waals surface area contributed by atoms with Gasteiger partial charge in [0.25, 0.3) is 5.91 Å². The molecule has 1 saturated carbocycles. The SMILES string of the molecule is COc1cc(NC(C)C)ccc1-c1c(Cl)c(C(=O)NCC2CCC(C)CC2)nn1CCC#N. The maximum atomic E-state index is 13.0. The van der Waals surface area contributed by atoms with Crippen LogP contribution in [0, 0.1) is 23.2 Å². The Balaban J connectivity index is 1.89. The Hall–Kier alpha value is -2.72. The molecule has 0 aliphatic heterocycles. The predicted molar refractivity (Wildman–Crippen MR) is 132 cm³/mol. The van der Waals surface area contributed by atoms with E-state index in [9.17, 15) is 4.79 Å². The van der Waals surface area contributed by atoms with E-state index in [1.165, 1.54) is 12.8 Å². The van der Waals surface area contributed by atoms with Crippen molar-refractivity contribution in [3.63, 3.8) is 0 Å². The Kier molecular flexibility index (Phi) is 8.62. The quantitative estimate of drug-likeness (QED) is 0.503. The lowest BCUT2D eigenvalue weighted by Gasteiger charge is -2.26. The molecule has 178 valence electrons. The Bertz CT molecular complexity index is 1000. The number of aromatic nitrogens is 2. The van der Waals surface area contributed by atoms with Crippen LogP contribution < -0.4 is 15.4 Å². The van der Waals surface area contributed by atoms with Crippen molar-refractivity contribution in [2.24, 2.45) is 11.8 Å². The first-order valence-corrected chi connectivity index (χ1v) is 12.1. The summed E-state index contributed by atoms with van der Waals surface area (Å²) in [6.45, 7) is 7.36. The fraction of sp³-hybridized carbons (Fsp3) is 0.560. The zero-order valence-corrected chi connectivity index (χ0v) is 20.7. The second-order valence-electron chi connectivity index (χ2n) is 9.19. The highest BCUT2D eigenvalue weighted by Gasteiger charge is 2.26. The van der Waals surface area contributed by atoms with Gasteiger partial charge in [-0.05, 0) is 50.7 Å². The summed E-state index contributed by atoms with van der Waals surface area (Å²) in [4.78, 5) is 13.0. The minimum absolute atomic E-state index is 0.181.